The Bertz CT molecular complexity index is 482. The largest absolute Gasteiger partial charge is 0.338 e. The first kappa shape index (κ1) is 17.4. The van der Waals surface area contributed by atoms with Gasteiger partial charge in [0.15, 0.2) is 0 Å². The second-order valence-corrected chi connectivity index (χ2v) is 7.57. The molecule has 1 saturated carbocycles. The van der Waals surface area contributed by atoms with E-state index >= 15 is 0 Å². The SMILES string of the molecule is CSc1ccc(CN(C)CC(=O)N(CC(C)C)C2CC2)cc1. The van der Waals surface area contributed by atoms with Crippen LogP contribution in [0.5, 0.6) is 0 Å². The Hall–Kier alpha value is -1.00. The summed E-state index contributed by atoms with van der Waals surface area (Å²) in [5, 5.41) is 0. The summed E-state index contributed by atoms with van der Waals surface area (Å²) in [5.74, 6) is 0.813. The number of rotatable bonds is 8. The van der Waals surface area contributed by atoms with Crippen molar-refractivity contribution in [1.29, 1.82) is 0 Å². The van der Waals surface area contributed by atoms with Crippen LogP contribution in [0.1, 0.15) is 32.3 Å². The Balaban J connectivity index is 1.86. The maximum atomic E-state index is 12.5. The van der Waals surface area contributed by atoms with Crippen LogP contribution in [0.3, 0.4) is 0 Å². The van der Waals surface area contributed by atoms with Gasteiger partial charge in [0.2, 0.25) is 5.91 Å². The number of carbonyl (C=O) groups excluding carboxylic acids is 1. The van der Waals surface area contributed by atoms with E-state index in [4.69, 9.17) is 0 Å². The highest BCUT2D eigenvalue weighted by atomic mass is 32.2. The molecular formula is C18H28N2OS. The lowest BCUT2D eigenvalue weighted by atomic mass is 10.2. The molecule has 122 valence electrons. The Kier molecular flexibility index (Phi) is 6.33. The van der Waals surface area contributed by atoms with Crippen molar-refractivity contribution in [2.75, 3.05) is 26.4 Å². The van der Waals surface area contributed by atoms with Gasteiger partial charge in [0.05, 0.1) is 6.54 Å². The average molecular weight is 321 g/mol. The van der Waals surface area contributed by atoms with Gasteiger partial charge >= 0.3 is 0 Å². The summed E-state index contributed by atoms with van der Waals surface area (Å²) < 4.78 is 0. The third-order valence-electron chi connectivity index (χ3n) is 3.89. The number of amides is 1. The predicted octanol–water partition coefficient (Wildman–Crippen LogP) is 3.49. The smallest absolute Gasteiger partial charge is 0.237 e. The van der Waals surface area contributed by atoms with E-state index in [1.165, 1.54) is 23.3 Å². The van der Waals surface area contributed by atoms with Crippen LogP contribution in [0, 0.1) is 5.92 Å². The van der Waals surface area contributed by atoms with Crippen LogP contribution in [0.2, 0.25) is 0 Å². The summed E-state index contributed by atoms with van der Waals surface area (Å²) in [4.78, 5) is 18.0. The van der Waals surface area contributed by atoms with Crippen molar-refractivity contribution in [3.05, 3.63) is 29.8 Å². The molecule has 0 N–H and O–H groups in total. The zero-order valence-corrected chi connectivity index (χ0v) is 15.0. The minimum absolute atomic E-state index is 0.277. The fraction of sp³-hybridized carbons (Fsp3) is 0.611. The molecule has 0 heterocycles. The number of thioether (sulfide) groups is 1. The first-order valence-corrected chi connectivity index (χ1v) is 9.33. The molecule has 1 aromatic rings. The van der Waals surface area contributed by atoms with Crippen molar-refractivity contribution < 1.29 is 4.79 Å². The zero-order valence-electron chi connectivity index (χ0n) is 14.2. The number of hydrogen-bond acceptors (Lipinski definition) is 3. The average Bonchev–Trinajstić information content (AvgIpc) is 3.29. The van der Waals surface area contributed by atoms with Gasteiger partial charge in [-0.15, -0.1) is 11.8 Å². The van der Waals surface area contributed by atoms with Gasteiger partial charge in [0, 0.05) is 24.0 Å². The zero-order chi connectivity index (χ0) is 16.1. The van der Waals surface area contributed by atoms with Gasteiger partial charge in [0.25, 0.3) is 0 Å². The Labute approximate surface area is 139 Å². The fourth-order valence-corrected chi connectivity index (χ4v) is 3.06. The van der Waals surface area contributed by atoms with Crippen molar-refractivity contribution in [2.45, 2.75) is 44.2 Å². The molecule has 1 fully saturated rings. The molecule has 0 unspecified atom stereocenters. The second kappa shape index (κ2) is 8.02. The number of likely N-dealkylation sites (N-methyl/N-ethyl adjacent to an activating group) is 1. The third-order valence-corrected chi connectivity index (χ3v) is 4.63. The van der Waals surface area contributed by atoms with E-state index in [1.54, 1.807) is 11.8 Å². The monoisotopic (exact) mass is 320 g/mol. The first-order valence-electron chi connectivity index (χ1n) is 8.10. The van der Waals surface area contributed by atoms with Crippen molar-refractivity contribution in [3.63, 3.8) is 0 Å². The normalized spacial score (nSPS) is 14.6. The molecule has 0 bridgehead atoms. The summed E-state index contributed by atoms with van der Waals surface area (Å²) in [6, 6.07) is 9.10. The van der Waals surface area contributed by atoms with Crippen molar-refractivity contribution in [3.8, 4) is 0 Å². The molecule has 1 aromatic carbocycles. The van der Waals surface area contributed by atoms with E-state index in [0.717, 1.165) is 13.1 Å². The Morgan fingerprint density at radius 3 is 2.41 bits per heavy atom. The molecule has 1 amide bonds. The summed E-state index contributed by atoms with van der Waals surface area (Å²) in [6.07, 6.45) is 4.44. The highest BCUT2D eigenvalue weighted by molar-refractivity contribution is 7.98. The lowest BCUT2D eigenvalue weighted by molar-refractivity contribution is -0.133. The topological polar surface area (TPSA) is 23.6 Å². The number of carbonyl (C=O) groups is 1. The van der Waals surface area contributed by atoms with Crippen LogP contribution in [-0.2, 0) is 11.3 Å². The maximum absolute atomic E-state index is 12.5. The summed E-state index contributed by atoms with van der Waals surface area (Å²) in [7, 11) is 2.03. The van der Waals surface area contributed by atoms with Gasteiger partial charge in [0.1, 0.15) is 0 Å². The molecule has 0 saturated heterocycles. The van der Waals surface area contributed by atoms with E-state index in [-0.39, 0.29) is 5.91 Å². The van der Waals surface area contributed by atoms with Crippen LogP contribution < -0.4 is 0 Å². The van der Waals surface area contributed by atoms with Crippen molar-refractivity contribution in [1.82, 2.24) is 9.80 Å². The maximum Gasteiger partial charge on any atom is 0.237 e. The molecule has 0 atom stereocenters. The van der Waals surface area contributed by atoms with Gasteiger partial charge in [-0.05, 0) is 49.8 Å². The molecular weight excluding hydrogens is 292 g/mol. The molecule has 0 radical (unpaired) electrons. The number of nitrogens with zero attached hydrogens (tertiary/aromatic N) is 2. The van der Waals surface area contributed by atoms with E-state index in [1.807, 2.05) is 7.05 Å². The van der Waals surface area contributed by atoms with Gasteiger partial charge in [-0.2, -0.15) is 0 Å². The first-order chi connectivity index (χ1) is 10.5. The molecule has 1 aliphatic carbocycles. The molecule has 0 aliphatic heterocycles. The minimum Gasteiger partial charge on any atom is -0.338 e. The Morgan fingerprint density at radius 2 is 1.91 bits per heavy atom. The van der Waals surface area contributed by atoms with Crippen LogP contribution >= 0.6 is 11.8 Å². The molecule has 0 spiro atoms. The predicted molar refractivity (Wildman–Crippen MR) is 94.1 cm³/mol. The Morgan fingerprint density at radius 1 is 1.27 bits per heavy atom. The second-order valence-electron chi connectivity index (χ2n) is 6.69. The number of benzene rings is 1. The summed E-state index contributed by atoms with van der Waals surface area (Å²) in [6.45, 7) is 6.58. The molecule has 22 heavy (non-hydrogen) atoms. The summed E-state index contributed by atoms with van der Waals surface area (Å²) >= 11 is 1.75. The van der Waals surface area contributed by atoms with E-state index < -0.39 is 0 Å². The van der Waals surface area contributed by atoms with E-state index in [0.29, 0.717) is 18.5 Å². The highest BCUT2D eigenvalue weighted by Gasteiger charge is 2.32. The standard InChI is InChI=1S/C18H28N2OS/c1-14(2)11-20(16-7-8-16)18(21)13-19(3)12-15-5-9-17(22-4)10-6-15/h5-6,9-10,14,16H,7-8,11-13H2,1-4H3. The highest BCUT2D eigenvalue weighted by Crippen LogP contribution is 2.27. The molecule has 0 aromatic heterocycles. The van der Waals surface area contributed by atoms with Crippen LogP contribution in [0.4, 0.5) is 0 Å². The van der Waals surface area contributed by atoms with E-state index in [2.05, 4.69) is 54.2 Å². The third kappa shape index (κ3) is 5.33. The van der Waals surface area contributed by atoms with Crippen molar-refractivity contribution >= 4 is 17.7 Å². The number of hydrogen-bond donors (Lipinski definition) is 0. The van der Waals surface area contributed by atoms with Crippen molar-refractivity contribution in [2.24, 2.45) is 5.92 Å². The minimum atomic E-state index is 0.277. The van der Waals surface area contributed by atoms with Gasteiger partial charge in [-0.1, -0.05) is 26.0 Å². The van der Waals surface area contributed by atoms with Crippen LogP contribution in [-0.4, -0.2) is 48.1 Å². The quantitative estimate of drug-likeness (QED) is 0.685. The molecule has 4 heteroatoms. The molecule has 1 aliphatic rings. The van der Waals surface area contributed by atoms with Gasteiger partial charge < -0.3 is 4.90 Å². The van der Waals surface area contributed by atoms with Crippen LogP contribution in [0.15, 0.2) is 29.2 Å². The molecule has 2 rings (SSSR count). The lowest BCUT2D eigenvalue weighted by Crippen LogP contribution is -2.42. The van der Waals surface area contributed by atoms with Gasteiger partial charge in [-0.3, -0.25) is 9.69 Å². The van der Waals surface area contributed by atoms with E-state index in [9.17, 15) is 4.79 Å². The molecule has 3 nitrogen and oxygen atoms in total. The lowest BCUT2D eigenvalue weighted by Gasteiger charge is -2.27. The summed E-state index contributed by atoms with van der Waals surface area (Å²) in [5.41, 5.74) is 1.26. The van der Waals surface area contributed by atoms with Gasteiger partial charge in [-0.25, -0.2) is 0 Å². The fourth-order valence-electron chi connectivity index (χ4n) is 2.65. The van der Waals surface area contributed by atoms with Crippen LogP contribution in [0.25, 0.3) is 0 Å².